The molecule has 0 aliphatic rings. The summed E-state index contributed by atoms with van der Waals surface area (Å²) in [5.74, 6) is -0.164. The summed E-state index contributed by atoms with van der Waals surface area (Å²) in [7, 11) is -3.81. The molecule has 0 aliphatic carbocycles. The highest BCUT2D eigenvalue weighted by Gasteiger charge is 2.27. The topological polar surface area (TPSA) is 101 Å². The third-order valence-electron chi connectivity index (χ3n) is 2.51. The summed E-state index contributed by atoms with van der Waals surface area (Å²) in [5.41, 5.74) is 0.270. The first-order valence-electron chi connectivity index (χ1n) is 6.02. The molecule has 1 amide bonds. The van der Waals surface area contributed by atoms with Crippen LogP contribution in [-0.4, -0.2) is 32.1 Å². The predicted octanol–water partition coefficient (Wildman–Crippen LogP) is 0.484. The molecule has 19 heavy (non-hydrogen) atoms. The van der Waals surface area contributed by atoms with Crippen LogP contribution in [0.3, 0.4) is 0 Å². The van der Waals surface area contributed by atoms with E-state index in [2.05, 4.69) is 15.2 Å². The van der Waals surface area contributed by atoms with Gasteiger partial charge in [0, 0.05) is 6.54 Å². The number of amides is 1. The van der Waals surface area contributed by atoms with Gasteiger partial charge in [-0.15, -0.1) is 0 Å². The average molecular weight is 289 g/mol. The van der Waals surface area contributed by atoms with Crippen molar-refractivity contribution in [1.82, 2.24) is 15.2 Å². The van der Waals surface area contributed by atoms with E-state index in [0.29, 0.717) is 6.54 Å². The molecule has 8 heteroatoms. The molecule has 1 unspecified atom stereocenters. The Labute approximate surface area is 112 Å². The van der Waals surface area contributed by atoms with Crippen molar-refractivity contribution in [2.45, 2.75) is 45.1 Å². The van der Waals surface area contributed by atoms with Crippen molar-refractivity contribution in [1.29, 1.82) is 0 Å². The summed E-state index contributed by atoms with van der Waals surface area (Å²) in [6, 6.07) is -0.856. The summed E-state index contributed by atoms with van der Waals surface area (Å²) < 4.78 is 31.4. The van der Waals surface area contributed by atoms with Gasteiger partial charge in [0.15, 0.2) is 5.76 Å². The summed E-state index contributed by atoms with van der Waals surface area (Å²) in [6.45, 7) is 6.96. The van der Waals surface area contributed by atoms with Gasteiger partial charge in [-0.25, -0.2) is 8.42 Å². The fraction of sp³-hybridized carbons (Fsp3) is 0.636. The molecular weight excluding hydrogens is 270 g/mol. The van der Waals surface area contributed by atoms with Gasteiger partial charge >= 0.3 is 0 Å². The number of sulfonamides is 1. The molecule has 0 spiro atoms. The monoisotopic (exact) mass is 289 g/mol. The number of aromatic nitrogens is 1. The SMILES string of the molecule is CCCNC(=O)C(C)NS(=O)(=O)c1c(C)noc1C. The van der Waals surface area contributed by atoms with Crippen molar-refractivity contribution in [3.63, 3.8) is 0 Å². The maximum atomic E-state index is 12.1. The van der Waals surface area contributed by atoms with Crippen LogP contribution in [0.1, 0.15) is 31.7 Å². The molecule has 1 aromatic rings. The number of rotatable bonds is 6. The molecule has 0 saturated carbocycles. The maximum absolute atomic E-state index is 12.1. The molecule has 0 aromatic carbocycles. The highest BCUT2D eigenvalue weighted by Crippen LogP contribution is 2.18. The Hall–Kier alpha value is -1.41. The van der Waals surface area contributed by atoms with Crippen molar-refractivity contribution >= 4 is 15.9 Å². The quantitative estimate of drug-likeness (QED) is 0.793. The summed E-state index contributed by atoms with van der Waals surface area (Å²) in [4.78, 5) is 11.6. The Morgan fingerprint density at radius 1 is 1.42 bits per heavy atom. The molecule has 0 saturated heterocycles. The first-order valence-corrected chi connectivity index (χ1v) is 7.50. The molecule has 1 rings (SSSR count). The largest absolute Gasteiger partial charge is 0.360 e. The molecule has 7 nitrogen and oxygen atoms in total. The van der Waals surface area contributed by atoms with Gasteiger partial charge in [-0.05, 0) is 27.2 Å². The molecule has 0 bridgehead atoms. The smallest absolute Gasteiger partial charge is 0.246 e. The van der Waals surface area contributed by atoms with Gasteiger partial charge in [-0.1, -0.05) is 12.1 Å². The molecule has 1 aromatic heterocycles. The van der Waals surface area contributed by atoms with Gasteiger partial charge in [-0.2, -0.15) is 4.72 Å². The van der Waals surface area contributed by atoms with Crippen molar-refractivity contribution < 1.29 is 17.7 Å². The van der Waals surface area contributed by atoms with Crippen LogP contribution >= 0.6 is 0 Å². The van der Waals surface area contributed by atoms with E-state index in [1.165, 1.54) is 20.8 Å². The lowest BCUT2D eigenvalue weighted by Crippen LogP contribution is -2.45. The zero-order valence-electron chi connectivity index (χ0n) is 11.5. The zero-order valence-corrected chi connectivity index (χ0v) is 12.3. The minimum absolute atomic E-state index is 0.0114. The Balaban J connectivity index is 2.84. The van der Waals surface area contributed by atoms with Crippen molar-refractivity contribution in [3.8, 4) is 0 Å². The molecule has 0 radical (unpaired) electrons. The van der Waals surface area contributed by atoms with Crippen LogP contribution in [0.2, 0.25) is 0 Å². The number of carbonyl (C=O) groups is 1. The van der Waals surface area contributed by atoms with Gasteiger partial charge < -0.3 is 9.84 Å². The van der Waals surface area contributed by atoms with Crippen molar-refractivity contribution in [2.75, 3.05) is 6.54 Å². The Bertz CT molecular complexity index is 531. The second-order valence-corrected chi connectivity index (χ2v) is 5.94. The van der Waals surface area contributed by atoms with Crippen LogP contribution < -0.4 is 10.0 Å². The van der Waals surface area contributed by atoms with E-state index in [9.17, 15) is 13.2 Å². The van der Waals surface area contributed by atoms with E-state index >= 15 is 0 Å². The summed E-state index contributed by atoms with van der Waals surface area (Å²) in [5, 5.41) is 6.21. The van der Waals surface area contributed by atoms with Crippen LogP contribution in [0.4, 0.5) is 0 Å². The number of nitrogens with zero attached hydrogens (tertiary/aromatic N) is 1. The molecular formula is C11H19N3O4S. The van der Waals surface area contributed by atoms with Crippen LogP contribution in [0.5, 0.6) is 0 Å². The number of aryl methyl sites for hydroxylation is 2. The van der Waals surface area contributed by atoms with Crippen LogP contribution in [0, 0.1) is 13.8 Å². The molecule has 1 atom stereocenters. The molecule has 108 valence electrons. The van der Waals surface area contributed by atoms with Gasteiger partial charge in [0.25, 0.3) is 0 Å². The highest BCUT2D eigenvalue weighted by molar-refractivity contribution is 7.89. The Kier molecular flexibility index (Phi) is 5.07. The average Bonchev–Trinajstić information content (AvgIpc) is 2.65. The van der Waals surface area contributed by atoms with Gasteiger partial charge in [-0.3, -0.25) is 4.79 Å². The predicted molar refractivity (Wildman–Crippen MR) is 69.1 cm³/mol. The van der Waals surface area contributed by atoms with E-state index < -0.39 is 16.1 Å². The number of carbonyl (C=O) groups excluding carboxylic acids is 1. The summed E-state index contributed by atoms with van der Waals surface area (Å²) in [6.07, 6.45) is 0.787. The van der Waals surface area contributed by atoms with E-state index in [1.54, 1.807) is 0 Å². The molecule has 0 fully saturated rings. The van der Waals surface area contributed by atoms with E-state index in [4.69, 9.17) is 4.52 Å². The fourth-order valence-electron chi connectivity index (χ4n) is 1.60. The first-order chi connectivity index (χ1) is 8.79. The maximum Gasteiger partial charge on any atom is 0.246 e. The van der Waals surface area contributed by atoms with Crippen LogP contribution in [0.25, 0.3) is 0 Å². The first kappa shape index (κ1) is 15.6. The minimum Gasteiger partial charge on any atom is -0.360 e. The number of hydrogen-bond acceptors (Lipinski definition) is 5. The Morgan fingerprint density at radius 3 is 2.53 bits per heavy atom. The van der Waals surface area contributed by atoms with Gasteiger partial charge in [0.1, 0.15) is 10.6 Å². The van der Waals surface area contributed by atoms with Gasteiger partial charge in [0.05, 0.1) is 6.04 Å². The van der Waals surface area contributed by atoms with E-state index in [0.717, 1.165) is 6.42 Å². The third kappa shape index (κ3) is 3.77. The van der Waals surface area contributed by atoms with E-state index in [1.807, 2.05) is 6.92 Å². The number of hydrogen-bond donors (Lipinski definition) is 2. The highest BCUT2D eigenvalue weighted by atomic mass is 32.2. The van der Waals surface area contributed by atoms with Gasteiger partial charge in [0.2, 0.25) is 15.9 Å². The zero-order chi connectivity index (χ0) is 14.6. The standard InChI is InChI=1S/C11H19N3O4S/c1-5-6-12-11(15)8(3)14-19(16,17)10-7(2)13-18-9(10)4/h8,14H,5-6H2,1-4H3,(H,12,15). The lowest BCUT2D eigenvalue weighted by atomic mass is 10.3. The third-order valence-corrected chi connectivity index (χ3v) is 4.30. The normalized spacial score (nSPS) is 13.3. The van der Waals surface area contributed by atoms with Crippen LogP contribution in [0.15, 0.2) is 9.42 Å². The second-order valence-electron chi connectivity index (χ2n) is 4.29. The summed E-state index contributed by atoms with van der Waals surface area (Å²) >= 11 is 0. The van der Waals surface area contributed by atoms with Crippen molar-refractivity contribution in [2.24, 2.45) is 0 Å². The Morgan fingerprint density at radius 2 is 2.05 bits per heavy atom. The lowest BCUT2D eigenvalue weighted by molar-refractivity contribution is -0.122. The van der Waals surface area contributed by atoms with Crippen LogP contribution in [-0.2, 0) is 14.8 Å². The minimum atomic E-state index is -3.81. The molecule has 0 aliphatic heterocycles. The van der Waals surface area contributed by atoms with E-state index in [-0.39, 0.29) is 22.3 Å². The van der Waals surface area contributed by atoms with Crippen molar-refractivity contribution in [3.05, 3.63) is 11.5 Å². The molecule has 1 heterocycles. The number of nitrogens with one attached hydrogen (secondary N) is 2. The lowest BCUT2D eigenvalue weighted by Gasteiger charge is -2.13. The fourth-order valence-corrected chi connectivity index (χ4v) is 3.14. The molecule has 2 N–H and O–H groups in total. The second kappa shape index (κ2) is 6.16.